The molecule has 1 atom stereocenters. The van der Waals surface area contributed by atoms with Gasteiger partial charge >= 0.3 is 0 Å². The zero-order valence-corrected chi connectivity index (χ0v) is 13.9. The molecule has 0 aliphatic heterocycles. The van der Waals surface area contributed by atoms with Gasteiger partial charge in [0.25, 0.3) is 0 Å². The second kappa shape index (κ2) is 6.94. The summed E-state index contributed by atoms with van der Waals surface area (Å²) in [5.74, 6) is 0.713. The first-order valence-corrected chi connectivity index (χ1v) is 8.67. The van der Waals surface area contributed by atoms with Crippen LogP contribution in [0.15, 0.2) is 53.4 Å². The summed E-state index contributed by atoms with van der Waals surface area (Å²) in [6.45, 7) is 3.87. The summed E-state index contributed by atoms with van der Waals surface area (Å²) in [7, 11) is -1.95. The van der Waals surface area contributed by atoms with Gasteiger partial charge < -0.3 is 4.74 Å². The number of hydrogen-bond donors (Lipinski definition) is 1. The predicted octanol–water partition coefficient (Wildman–Crippen LogP) is 3.43. The van der Waals surface area contributed by atoms with Crippen molar-refractivity contribution in [3.05, 3.63) is 59.7 Å². The van der Waals surface area contributed by atoms with Gasteiger partial charge in [-0.1, -0.05) is 36.8 Å². The molecular formula is C17H21NO3S. The minimum atomic E-state index is -3.55. The van der Waals surface area contributed by atoms with E-state index in [0.29, 0.717) is 12.2 Å². The average Bonchev–Trinajstić information content (AvgIpc) is 2.53. The van der Waals surface area contributed by atoms with Crippen molar-refractivity contribution in [1.29, 1.82) is 0 Å². The van der Waals surface area contributed by atoms with Crippen LogP contribution in [0.1, 0.15) is 30.5 Å². The number of hydrogen-bond acceptors (Lipinski definition) is 3. The van der Waals surface area contributed by atoms with Crippen molar-refractivity contribution in [2.45, 2.75) is 31.2 Å². The molecule has 22 heavy (non-hydrogen) atoms. The van der Waals surface area contributed by atoms with E-state index in [1.165, 1.54) is 0 Å². The van der Waals surface area contributed by atoms with E-state index in [0.717, 1.165) is 11.1 Å². The Hall–Kier alpha value is -1.85. The highest BCUT2D eigenvalue weighted by Gasteiger charge is 2.20. The summed E-state index contributed by atoms with van der Waals surface area (Å²) in [4.78, 5) is 0.277. The van der Waals surface area contributed by atoms with Gasteiger partial charge in [-0.15, -0.1) is 0 Å². The molecule has 2 rings (SSSR count). The second-order valence-electron chi connectivity index (χ2n) is 5.17. The molecule has 1 N–H and O–H groups in total. The monoisotopic (exact) mass is 319 g/mol. The van der Waals surface area contributed by atoms with Crippen LogP contribution in [0.25, 0.3) is 0 Å². The van der Waals surface area contributed by atoms with Crippen LogP contribution in [-0.2, 0) is 10.0 Å². The van der Waals surface area contributed by atoms with Gasteiger partial charge in [0.05, 0.1) is 12.0 Å². The van der Waals surface area contributed by atoms with Crippen molar-refractivity contribution < 1.29 is 13.2 Å². The Kier molecular flexibility index (Phi) is 5.21. The van der Waals surface area contributed by atoms with Crippen molar-refractivity contribution in [3.63, 3.8) is 0 Å². The third-order valence-electron chi connectivity index (χ3n) is 3.53. The summed E-state index contributed by atoms with van der Waals surface area (Å²) in [6, 6.07) is 14.0. The first kappa shape index (κ1) is 16.5. The minimum Gasteiger partial charge on any atom is -0.497 e. The van der Waals surface area contributed by atoms with Gasteiger partial charge in [-0.25, -0.2) is 13.1 Å². The molecule has 0 fully saturated rings. The Bertz CT molecular complexity index is 724. The molecule has 0 heterocycles. The molecule has 5 heteroatoms. The zero-order chi connectivity index (χ0) is 16.2. The first-order chi connectivity index (χ1) is 10.5. The van der Waals surface area contributed by atoms with Crippen molar-refractivity contribution >= 4 is 10.0 Å². The molecular weight excluding hydrogens is 298 g/mol. The summed E-state index contributed by atoms with van der Waals surface area (Å²) >= 11 is 0. The topological polar surface area (TPSA) is 55.4 Å². The number of sulfonamides is 1. The molecule has 0 aliphatic carbocycles. The Morgan fingerprint density at radius 1 is 1.14 bits per heavy atom. The van der Waals surface area contributed by atoms with Gasteiger partial charge in [0.1, 0.15) is 5.75 Å². The average molecular weight is 319 g/mol. The fraction of sp³-hybridized carbons (Fsp3) is 0.294. The van der Waals surface area contributed by atoms with Crippen LogP contribution in [0.5, 0.6) is 5.75 Å². The van der Waals surface area contributed by atoms with Crippen molar-refractivity contribution in [3.8, 4) is 5.75 Å². The lowest BCUT2D eigenvalue weighted by Crippen LogP contribution is -2.28. The number of ether oxygens (including phenoxy) is 1. The van der Waals surface area contributed by atoms with Crippen LogP contribution >= 0.6 is 0 Å². The van der Waals surface area contributed by atoms with E-state index in [1.54, 1.807) is 31.4 Å². The summed E-state index contributed by atoms with van der Waals surface area (Å²) in [6.07, 6.45) is 0.651. The van der Waals surface area contributed by atoms with Gasteiger partial charge in [-0.2, -0.15) is 0 Å². The molecule has 0 bridgehead atoms. The SMILES string of the molecule is CC[C@@H](NS(=O)(=O)c1ccc(C)cc1)c1cccc(OC)c1. The minimum absolute atomic E-state index is 0.277. The van der Waals surface area contributed by atoms with Gasteiger partial charge in [0.15, 0.2) is 0 Å². The van der Waals surface area contributed by atoms with E-state index in [-0.39, 0.29) is 10.9 Å². The van der Waals surface area contributed by atoms with Gasteiger partial charge in [0.2, 0.25) is 10.0 Å². The standard InChI is InChI=1S/C17H21NO3S/c1-4-17(14-6-5-7-15(12-14)21-3)18-22(19,20)16-10-8-13(2)9-11-16/h5-12,17-18H,4H2,1-3H3/t17-/m1/s1. The molecule has 0 amide bonds. The van der Waals surface area contributed by atoms with E-state index in [2.05, 4.69) is 4.72 Å². The van der Waals surface area contributed by atoms with Gasteiger partial charge in [-0.3, -0.25) is 0 Å². The fourth-order valence-electron chi connectivity index (χ4n) is 2.22. The predicted molar refractivity (Wildman–Crippen MR) is 87.5 cm³/mol. The molecule has 0 saturated heterocycles. The van der Waals surface area contributed by atoms with Crippen LogP contribution in [0.4, 0.5) is 0 Å². The Morgan fingerprint density at radius 2 is 1.82 bits per heavy atom. The van der Waals surface area contributed by atoms with Crippen LogP contribution in [0.2, 0.25) is 0 Å². The molecule has 0 unspecified atom stereocenters. The van der Waals surface area contributed by atoms with E-state index >= 15 is 0 Å². The van der Waals surface area contributed by atoms with Crippen LogP contribution in [-0.4, -0.2) is 15.5 Å². The maximum atomic E-state index is 12.5. The largest absolute Gasteiger partial charge is 0.497 e. The number of nitrogens with one attached hydrogen (secondary N) is 1. The van der Waals surface area contributed by atoms with Gasteiger partial charge in [0, 0.05) is 6.04 Å². The highest BCUT2D eigenvalue weighted by molar-refractivity contribution is 7.89. The molecule has 0 spiro atoms. The maximum absolute atomic E-state index is 12.5. The van der Waals surface area contributed by atoms with E-state index < -0.39 is 10.0 Å². The smallest absolute Gasteiger partial charge is 0.241 e. The van der Waals surface area contributed by atoms with Gasteiger partial charge in [-0.05, 0) is 43.2 Å². The quantitative estimate of drug-likeness (QED) is 0.887. The molecule has 0 radical (unpaired) electrons. The third-order valence-corrected chi connectivity index (χ3v) is 5.02. The van der Waals surface area contributed by atoms with Crippen LogP contribution in [0.3, 0.4) is 0 Å². The van der Waals surface area contributed by atoms with Crippen molar-refractivity contribution in [1.82, 2.24) is 4.72 Å². The van der Waals surface area contributed by atoms with Crippen molar-refractivity contribution in [2.24, 2.45) is 0 Å². The number of rotatable bonds is 6. The van der Waals surface area contributed by atoms with Crippen LogP contribution < -0.4 is 9.46 Å². The molecule has 118 valence electrons. The Morgan fingerprint density at radius 3 is 2.41 bits per heavy atom. The lowest BCUT2D eigenvalue weighted by Gasteiger charge is -2.18. The highest BCUT2D eigenvalue weighted by atomic mass is 32.2. The number of aryl methyl sites for hydroxylation is 1. The fourth-order valence-corrected chi connectivity index (χ4v) is 3.53. The normalized spacial score (nSPS) is 12.9. The first-order valence-electron chi connectivity index (χ1n) is 7.19. The molecule has 2 aromatic rings. The molecule has 2 aromatic carbocycles. The lowest BCUT2D eigenvalue weighted by atomic mass is 10.1. The van der Waals surface area contributed by atoms with E-state index in [1.807, 2.05) is 38.1 Å². The van der Waals surface area contributed by atoms with Crippen LogP contribution in [0, 0.1) is 6.92 Å². The third kappa shape index (κ3) is 3.87. The molecule has 4 nitrogen and oxygen atoms in total. The second-order valence-corrected chi connectivity index (χ2v) is 6.89. The zero-order valence-electron chi connectivity index (χ0n) is 13.0. The number of methoxy groups -OCH3 is 1. The van der Waals surface area contributed by atoms with E-state index in [4.69, 9.17) is 4.74 Å². The highest BCUT2D eigenvalue weighted by Crippen LogP contribution is 2.23. The Balaban J connectivity index is 2.27. The van der Waals surface area contributed by atoms with E-state index in [9.17, 15) is 8.42 Å². The summed E-state index contributed by atoms with van der Waals surface area (Å²) in [5, 5.41) is 0. The summed E-state index contributed by atoms with van der Waals surface area (Å²) < 4.78 is 33.0. The maximum Gasteiger partial charge on any atom is 0.241 e. The molecule has 0 saturated carbocycles. The number of benzene rings is 2. The molecule has 0 aromatic heterocycles. The van der Waals surface area contributed by atoms with Crippen molar-refractivity contribution in [2.75, 3.05) is 7.11 Å². The lowest BCUT2D eigenvalue weighted by molar-refractivity contribution is 0.413. The summed E-state index contributed by atoms with van der Waals surface area (Å²) in [5.41, 5.74) is 1.91. The molecule has 0 aliphatic rings. The Labute approximate surface area is 132 Å².